The molecule has 0 saturated heterocycles. The Morgan fingerprint density at radius 3 is 2.38 bits per heavy atom. The lowest BCUT2D eigenvalue weighted by atomic mass is 9.97. The van der Waals surface area contributed by atoms with Crippen LogP contribution in [0, 0.1) is 16.0 Å². The highest BCUT2D eigenvalue weighted by Crippen LogP contribution is 2.24. The van der Waals surface area contributed by atoms with Gasteiger partial charge in [0.1, 0.15) is 6.04 Å². The highest BCUT2D eigenvalue weighted by molar-refractivity contribution is 7.99. The number of nitro benzene ring substituents is 1. The largest absolute Gasteiger partial charge is 0.480 e. The molecule has 0 unspecified atom stereocenters. The Morgan fingerprint density at radius 1 is 0.978 bits per heavy atom. The molecule has 0 aromatic heterocycles. The number of fused-ring (bicyclic) bond motifs is 1. The summed E-state index contributed by atoms with van der Waals surface area (Å²) < 4.78 is 0. The lowest BCUT2D eigenvalue weighted by molar-refractivity contribution is -0.385. The average Bonchev–Trinajstić information content (AvgIpc) is 3.02. The van der Waals surface area contributed by atoms with Gasteiger partial charge in [0, 0.05) is 36.5 Å². The minimum atomic E-state index is -1.07. The van der Waals surface area contributed by atoms with Crippen molar-refractivity contribution in [1.29, 1.82) is 0 Å². The Hall–Kier alpha value is -3.61. The van der Waals surface area contributed by atoms with Crippen molar-refractivity contribution >= 4 is 57.8 Å². The summed E-state index contributed by atoms with van der Waals surface area (Å²) in [5.74, 6) is -0.512. The molecule has 0 fully saturated rings. The molecule has 3 rings (SSSR count). The van der Waals surface area contributed by atoms with Crippen LogP contribution in [0.25, 0.3) is 10.8 Å². The van der Waals surface area contributed by atoms with E-state index in [1.807, 2.05) is 67.5 Å². The Bertz CT molecular complexity index is 1450. The molecule has 3 atom stereocenters. The van der Waals surface area contributed by atoms with E-state index in [1.165, 1.54) is 29.6 Å². The molecule has 0 spiro atoms. The van der Waals surface area contributed by atoms with E-state index >= 15 is 0 Å². The van der Waals surface area contributed by atoms with Crippen molar-refractivity contribution in [3.8, 4) is 0 Å². The fraction of sp³-hybridized carbons (Fsp3) is 0.424. The maximum absolute atomic E-state index is 13.2. The van der Waals surface area contributed by atoms with Crippen molar-refractivity contribution in [3.63, 3.8) is 0 Å². The van der Waals surface area contributed by atoms with Crippen molar-refractivity contribution in [2.24, 2.45) is 5.92 Å². The lowest BCUT2D eigenvalue weighted by Gasteiger charge is -2.31. The second-order valence-electron chi connectivity index (χ2n) is 11.0. The number of hydrogen-bond acceptors (Lipinski definition) is 8. The molecular weight excluding hydrogens is 613 g/mol. The minimum Gasteiger partial charge on any atom is -0.480 e. The maximum atomic E-state index is 13.2. The van der Waals surface area contributed by atoms with Crippen LogP contribution in [0.1, 0.15) is 37.8 Å². The van der Waals surface area contributed by atoms with Gasteiger partial charge in [-0.25, -0.2) is 4.79 Å². The first-order chi connectivity index (χ1) is 21.6. The topological polar surface area (TPSA) is 142 Å². The van der Waals surface area contributed by atoms with Gasteiger partial charge in [0.15, 0.2) is 0 Å². The number of aliphatic carboxylic acids is 1. The van der Waals surface area contributed by atoms with Crippen molar-refractivity contribution in [3.05, 3.63) is 88.0 Å². The van der Waals surface area contributed by atoms with Gasteiger partial charge in [0.2, 0.25) is 11.8 Å². The number of carboxylic acids is 1. The number of nitrogens with one attached hydrogen (secondary N) is 2. The van der Waals surface area contributed by atoms with E-state index in [2.05, 4.69) is 10.6 Å². The molecule has 0 saturated carbocycles. The van der Waals surface area contributed by atoms with E-state index in [0.29, 0.717) is 36.6 Å². The van der Waals surface area contributed by atoms with Crippen molar-refractivity contribution in [2.75, 3.05) is 30.9 Å². The number of para-hydroxylation sites is 1. The van der Waals surface area contributed by atoms with Crippen LogP contribution in [0.2, 0.25) is 0 Å². The van der Waals surface area contributed by atoms with E-state index in [4.69, 9.17) is 0 Å². The molecule has 3 aromatic carbocycles. The SMILES string of the molecule is CC[C@H](C)[C@@H](CN(CC(=O)N[C@@H](CCSC)C(=O)O)Cc1cccc2ccccc12)NC(=O)CSCc1ccccc1[N+](=O)[O-]. The van der Waals surface area contributed by atoms with Gasteiger partial charge >= 0.3 is 5.97 Å². The van der Waals surface area contributed by atoms with Crippen LogP contribution in [0.3, 0.4) is 0 Å². The quantitative estimate of drug-likeness (QED) is 0.115. The van der Waals surface area contributed by atoms with Gasteiger partial charge in [-0.1, -0.05) is 80.9 Å². The summed E-state index contributed by atoms with van der Waals surface area (Å²) in [6.07, 6.45) is 3.00. The molecule has 0 bridgehead atoms. The smallest absolute Gasteiger partial charge is 0.326 e. The van der Waals surface area contributed by atoms with Gasteiger partial charge in [-0.05, 0) is 40.7 Å². The van der Waals surface area contributed by atoms with Crippen molar-refractivity contribution in [2.45, 2.75) is 51.1 Å². The van der Waals surface area contributed by atoms with Crippen LogP contribution in [0.4, 0.5) is 5.69 Å². The molecule has 2 amide bonds. The molecule has 3 N–H and O–H groups in total. The number of nitro groups is 1. The number of rotatable bonds is 19. The summed E-state index contributed by atoms with van der Waals surface area (Å²) in [6.45, 7) is 4.84. The van der Waals surface area contributed by atoms with E-state index in [-0.39, 0.29) is 35.9 Å². The minimum absolute atomic E-state index is 0.0313. The number of thioether (sulfide) groups is 2. The first kappa shape index (κ1) is 35.9. The molecule has 0 radical (unpaired) electrons. The predicted octanol–water partition coefficient (Wildman–Crippen LogP) is 5.34. The highest BCUT2D eigenvalue weighted by atomic mass is 32.2. The maximum Gasteiger partial charge on any atom is 0.326 e. The van der Waals surface area contributed by atoms with Gasteiger partial charge in [-0.15, -0.1) is 11.8 Å². The van der Waals surface area contributed by atoms with Crippen LogP contribution in [0.15, 0.2) is 66.7 Å². The zero-order valence-corrected chi connectivity index (χ0v) is 27.6. The van der Waals surface area contributed by atoms with Gasteiger partial charge < -0.3 is 15.7 Å². The van der Waals surface area contributed by atoms with Crippen LogP contribution in [-0.4, -0.2) is 75.6 Å². The normalized spacial score (nSPS) is 13.2. The molecule has 0 aliphatic carbocycles. The predicted molar refractivity (Wildman–Crippen MR) is 182 cm³/mol. The van der Waals surface area contributed by atoms with E-state index in [9.17, 15) is 29.6 Å². The lowest BCUT2D eigenvalue weighted by Crippen LogP contribution is -2.51. The Labute approximate surface area is 272 Å². The first-order valence-corrected chi connectivity index (χ1v) is 17.5. The van der Waals surface area contributed by atoms with Crippen LogP contribution in [-0.2, 0) is 26.7 Å². The number of nitrogens with zero attached hydrogens (tertiary/aromatic N) is 2. The Morgan fingerprint density at radius 2 is 1.67 bits per heavy atom. The molecule has 242 valence electrons. The van der Waals surface area contributed by atoms with E-state index in [1.54, 1.807) is 18.2 Å². The summed E-state index contributed by atoms with van der Waals surface area (Å²) in [6, 6.07) is 19.3. The fourth-order valence-corrected chi connectivity index (χ4v) is 6.34. The van der Waals surface area contributed by atoms with Crippen LogP contribution >= 0.6 is 23.5 Å². The third kappa shape index (κ3) is 11.4. The summed E-state index contributed by atoms with van der Waals surface area (Å²) in [5, 5.41) is 29.0. The summed E-state index contributed by atoms with van der Waals surface area (Å²) in [5.41, 5.74) is 1.61. The zero-order valence-electron chi connectivity index (χ0n) is 25.9. The summed E-state index contributed by atoms with van der Waals surface area (Å²) in [4.78, 5) is 51.0. The van der Waals surface area contributed by atoms with Gasteiger partial charge in [0.25, 0.3) is 5.69 Å². The first-order valence-electron chi connectivity index (χ1n) is 14.9. The molecular formula is C33H42N4O6S2. The summed E-state index contributed by atoms with van der Waals surface area (Å²) in [7, 11) is 0. The molecule has 45 heavy (non-hydrogen) atoms. The zero-order chi connectivity index (χ0) is 32.8. The van der Waals surface area contributed by atoms with Crippen molar-refractivity contribution < 1.29 is 24.4 Å². The number of hydrogen-bond donors (Lipinski definition) is 3. The number of carboxylic acid groups (broad SMARTS) is 1. The molecule has 12 heteroatoms. The highest BCUT2D eigenvalue weighted by Gasteiger charge is 2.26. The second kappa shape index (κ2) is 18.4. The van der Waals surface area contributed by atoms with E-state index in [0.717, 1.165) is 22.8 Å². The van der Waals surface area contributed by atoms with Crippen LogP contribution in [0.5, 0.6) is 0 Å². The average molecular weight is 655 g/mol. The standard InChI is InChI=1S/C33H42N4O6S2/c1-4-23(2)29(35-32(39)22-45-21-26-11-6-8-15-30(26)37(42)43)19-36(20-31(38)34-28(33(40)41)16-17-44-3)18-25-13-9-12-24-10-5-7-14-27(24)25/h5-15,23,28-29H,4,16-22H2,1-3H3,(H,34,38)(H,35,39)(H,40,41)/t23-,28-,29+/m0/s1. The van der Waals surface area contributed by atoms with Crippen LogP contribution < -0.4 is 10.6 Å². The van der Waals surface area contributed by atoms with E-state index < -0.39 is 22.8 Å². The monoisotopic (exact) mass is 654 g/mol. The number of benzene rings is 3. The number of carbonyl (C=O) groups is 3. The van der Waals surface area contributed by atoms with Gasteiger partial charge in [0.05, 0.1) is 17.2 Å². The van der Waals surface area contributed by atoms with Gasteiger partial charge in [-0.2, -0.15) is 11.8 Å². The van der Waals surface area contributed by atoms with Gasteiger partial charge in [-0.3, -0.25) is 24.6 Å². The van der Waals surface area contributed by atoms with Crippen molar-refractivity contribution in [1.82, 2.24) is 15.5 Å². The molecule has 0 heterocycles. The molecule has 0 aliphatic heterocycles. The number of carbonyl (C=O) groups excluding carboxylic acids is 2. The Kier molecular flexibility index (Phi) is 14.6. The Balaban J connectivity index is 1.76. The molecule has 0 aliphatic rings. The molecule has 3 aromatic rings. The third-order valence-corrected chi connectivity index (χ3v) is 9.32. The molecule has 10 nitrogen and oxygen atoms in total. The summed E-state index contributed by atoms with van der Waals surface area (Å²) >= 11 is 2.83. The second-order valence-corrected chi connectivity index (χ2v) is 13.0. The number of amides is 2. The third-order valence-electron chi connectivity index (χ3n) is 7.70. The fourth-order valence-electron chi connectivity index (χ4n) is 5.04.